The van der Waals surface area contributed by atoms with Crippen LogP contribution in [0.25, 0.3) is 0 Å². The highest BCUT2D eigenvalue weighted by molar-refractivity contribution is 5.78. The van der Waals surface area contributed by atoms with Crippen LogP contribution in [0.15, 0.2) is 0 Å². The van der Waals surface area contributed by atoms with Crippen molar-refractivity contribution in [2.45, 2.75) is 79.6 Å². The molecule has 0 aromatic heterocycles. The summed E-state index contributed by atoms with van der Waals surface area (Å²) >= 11 is 0. The standard InChI is InChI=1S/C18H30N2O15/c1-5(23)19-8-10(26)12-17(16(29)30,33-11(8)9(25)6(24)3-21)34-18(35-20-12)13(27)7(4-22)32-15(31-2)14(18)28/h6-15,20-22,24-28H,3-4H2,1-2H3,(H,19,23)(H,29,30)/t6-,7-,8-,9-,10-,11-,12?,13+,14+,15?,17+,18?/m1/s1. The van der Waals surface area contributed by atoms with Crippen LogP contribution in [-0.2, 0) is 33.4 Å². The zero-order valence-electron chi connectivity index (χ0n) is 18.6. The smallest absolute Gasteiger partial charge is 0.366 e. The van der Waals surface area contributed by atoms with Gasteiger partial charge >= 0.3 is 5.97 Å². The van der Waals surface area contributed by atoms with E-state index in [4.69, 9.17) is 23.8 Å². The Morgan fingerprint density at radius 1 is 1.17 bits per heavy atom. The van der Waals surface area contributed by atoms with E-state index in [9.17, 15) is 50.4 Å². The SMILES string of the molecule is COC1O[C@H](CO)[C@H](O)C2(ONC3[C@H](O)[C@@H](NC(C)=O)[C@H]([C@H](O)[C@H](O)CO)O[C@]3(C(=O)O)O2)[C@H]1O. The number of carbonyl (C=O) groups is 2. The largest absolute Gasteiger partial charge is 0.477 e. The lowest BCUT2D eigenvalue weighted by atomic mass is 9.83. The normalized spacial score (nSPS) is 45.4. The molecule has 0 aromatic rings. The van der Waals surface area contributed by atoms with Gasteiger partial charge in [-0.3, -0.25) is 14.4 Å². The van der Waals surface area contributed by atoms with Crippen molar-refractivity contribution in [1.29, 1.82) is 0 Å². The first kappa shape index (κ1) is 28.0. The van der Waals surface area contributed by atoms with Crippen molar-refractivity contribution in [1.82, 2.24) is 10.8 Å². The van der Waals surface area contributed by atoms with Gasteiger partial charge in [-0.05, 0) is 0 Å². The molecule has 0 aromatic carbocycles. The zero-order valence-corrected chi connectivity index (χ0v) is 18.6. The fraction of sp³-hybridized carbons (Fsp3) is 0.889. The maximum Gasteiger partial charge on any atom is 0.366 e. The van der Waals surface area contributed by atoms with Gasteiger partial charge in [-0.1, -0.05) is 0 Å². The number of rotatable bonds is 7. The van der Waals surface area contributed by atoms with E-state index in [-0.39, 0.29) is 0 Å². The summed E-state index contributed by atoms with van der Waals surface area (Å²) in [5.74, 6) is -8.43. The number of ether oxygens (including phenoxy) is 4. The van der Waals surface area contributed by atoms with Crippen LogP contribution >= 0.6 is 0 Å². The number of nitrogens with one attached hydrogen (secondary N) is 2. The molecule has 3 heterocycles. The van der Waals surface area contributed by atoms with Crippen molar-refractivity contribution in [2.24, 2.45) is 0 Å². The average Bonchev–Trinajstić information content (AvgIpc) is 2.83. The molecular formula is C18H30N2O15. The fourth-order valence-electron chi connectivity index (χ4n) is 4.38. The highest BCUT2D eigenvalue weighted by Gasteiger charge is 2.72. The van der Waals surface area contributed by atoms with E-state index in [1.165, 1.54) is 0 Å². The summed E-state index contributed by atoms with van der Waals surface area (Å²) in [4.78, 5) is 29.6. The lowest BCUT2D eigenvalue weighted by molar-refractivity contribution is -0.504. The third-order valence-corrected chi connectivity index (χ3v) is 6.18. The summed E-state index contributed by atoms with van der Waals surface area (Å²) in [6.07, 6.45) is -15.0. The minimum absolute atomic E-state index is 0.728. The van der Waals surface area contributed by atoms with E-state index >= 15 is 0 Å². The molecule has 3 fully saturated rings. The molecule has 3 saturated heterocycles. The van der Waals surface area contributed by atoms with Gasteiger partial charge in [-0.25, -0.2) is 4.79 Å². The van der Waals surface area contributed by atoms with Gasteiger partial charge in [0.1, 0.15) is 42.7 Å². The number of carboxylic acids is 1. The van der Waals surface area contributed by atoms with Crippen molar-refractivity contribution in [3.63, 3.8) is 0 Å². The molecule has 3 rings (SSSR count). The Kier molecular flexibility index (Phi) is 8.34. The second kappa shape index (κ2) is 10.4. The van der Waals surface area contributed by atoms with Crippen LogP contribution in [0, 0.1) is 0 Å². The summed E-state index contributed by atoms with van der Waals surface area (Å²) in [6.45, 7) is -0.783. The third kappa shape index (κ3) is 4.53. The topological polar surface area (TPSA) is 266 Å². The first-order chi connectivity index (χ1) is 16.4. The molecule has 202 valence electrons. The number of carbonyl (C=O) groups excluding carboxylic acids is 1. The van der Waals surface area contributed by atoms with E-state index in [2.05, 4.69) is 10.8 Å². The molecule has 12 atom stereocenters. The van der Waals surface area contributed by atoms with Gasteiger partial charge in [0.15, 0.2) is 12.4 Å². The van der Waals surface area contributed by atoms with E-state index in [1.54, 1.807) is 0 Å². The lowest BCUT2D eigenvalue weighted by Crippen LogP contribution is -2.85. The molecule has 3 aliphatic heterocycles. The van der Waals surface area contributed by atoms with Crippen LogP contribution < -0.4 is 10.8 Å². The maximum absolute atomic E-state index is 12.5. The summed E-state index contributed by atoms with van der Waals surface area (Å²) in [5, 5.41) is 84.2. The molecule has 1 amide bonds. The monoisotopic (exact) mass is 514 g/mol. The minimum Gasteiger partial charge on any atom is -0.477 e. The number of hydroxylamine groups is 1. The number of carboxylic acid groups (broad SMARTS) is 1. The number of hydrogen-bond acceptors (Lipinski definition) is 15. The number of methoxy groups -OCH3 is 1. The first-order valence-electron chi connectivity index (χ1n) is 10.5. The van der Waals surface area contributed by atoms with Gasteiger partial charge in [0.2, 0.25) is 11.7 Å². The molecule has 1 spiro atoms. The zero-order chi connectivity index (χ0) is 26.3. The van der Waals surface area contributed by atoms with E-state index < -0.39 is 97.8 Å². The number of aliphatic carboxylic acids is 1. The highest BCUT2D eigenvalue weighted by Crippen LogP contribution is 2.45. The Labute approximate surface area is 197 Å². The van der Waals surface area contributed by atoms with Crippen molar-refractivity contribution in [3.8, 4) is 0 Å². The van der Waals surface area contributed by atoms with Gasteiger partial charge < -0.3 is 60.4 Å². The molecule has 17 heteroatoms. The van der Waals surface area contributed by atoms with Crippen LogP contribution in [0.5, 0.6) is 0 Å². The predicted octanol–water partition coefficient (Wildman–Crippen LogP) is -6.55. The highest BCUT2D eigenvalue weighted by atomic mass is 16.9. The van der Waals surface area contributed by atoms with E-state index in [1.807, 2.05) is 0 Å². The number of fused-ring (bicyclic) bond motifs is 1. The summed E-state index contributed by atoms with van der Waals surface area (Å²) in [6, 6.07) is -3.41. The van der Waals surface area contributed by atoms with Gasteiger partial charge in [0.25, 0.3) is 5.79 Å². The number of aliphatic hydroxyl groups excluding tert-OH is 7. The Morgan fingerprint density at radius 2 is 1.83 bits per heavy atom. The predicted molar refractivity (Wildman–Crippen MR) is 105 cm³/mol. The Morgan fingerprint density at radius 3 is 2.34 bits per heavy atom. The Bertz CT molecular complexity index is 771. The molecular weight excluding hydrogens is 484 g/mol. The van der Waals surface area contributed by atoms with Gasteiger partial charge in [0, 0.05) is 14.0 Å². The number of amides is 1. The third-order valence-electron chi connectivity index (χ3n) is 6.18. The van der Waals surface area contributed by atoms with Gasteiger partial charge in [0.05, 0.1) is 19.3 Å². The molecule has 0 radical (unpaired) electrons. The molecule has 35 heavy (non-hydrogen) atoms. The van der Waals surface area contributed by atoms with Crippen molar-refractivity contribution < 1.29 is 74.2 Å². The average molecular weight is 514 g/mol. The van der Waals surface area contributed by atoms with Crippen LogP contribution in [0.3, 0.4) is 0 Å². The Balaban J connectivity index is 2.09. The van der Waals surface area contributed by atoms with Crippen LogP contribution in [0.4, 0.5) is 0 Å². The van der Waals surface area contributed by atoms with Crippen LogP contribution in [0.1, 0.15) is 6.92 Å². The lowest BCUT2D eigenvalue weighted by Gasteiger charge is -2.59. The van der Waals surface area contributed by atoms with Crippen LogP contribution in [-0.4, -0.2) is 146 Å². The van der Waals surface area contributed by atoms with Crippen molar-refractivity contribution in [2.75, 3.05) is 20.3 Å². The van der Waals surface area contributed by atoms with Crippen LogP contribution in [0.2, 0.25) is 0 Å². The molecule has 17 nitrogen and oxygen atoms in total. The van der Waals surface area contributed by atoms with E-state index in [0.29, 0.717) is 0 Å². The van der Waals surface area contributed by atoms with Crippen molar-refractivity contribution in [3.05, 3.63) is 0 Å². The fourth-order valence-corrected chi connectivity index (χ4v) is 4.38. The van der Waals surface area contributed by atoms with Gasteiger partial charge in [-0.15, -0.1) is 0 Å². The molecule has 0 saturated carbocycles. The molecule has 10 N–H and O–H groups in total. The summed E-state index contributed by atoms with van der Waals surface area (Å²) in [7, 11) is 1.10. The summed E-state index contributed by atoms with van der Waals surface area (Å²) in [5.41, 5.74) is 2.17. The quantitative estimate of drug-likeness (QED) is 0.151. The molecule has 3 aliphatic rings. The minimum atomic E-state index is -3.04. The molecule has 3 unspecified atom stereocenters. The molecule has 0 aliphatic carbocycles. The molecule has 0 bridgehead atoms. The number of hydrogen-bond donors (Lipinski definition) is 10. The number of aliphatic hydroxyl groups is 7. The van der Waals surface area contributed by atoms with E-state index in [0.717, 1.165) is 14.0 Å². The van der Waals surface area contributed by atoms with Gasteiger partial charge in [-0.2, -0.15) is 5.48 Å². The second-order valence-corrected chi connectivity index (χ2v) is 8.38. The Hall–Kier alpha value is -1.58. The second-order valence-electron chi connectivity index (χ2n) is 8.38. The first-order valence-corrected chi connectivity index (χ1v) is 10.5. The summed E-state index contributed by atoms with van der Waals surface area (Å²) < 4.78 is 21.3. The maximum atomic E-state index is 12.5. The van der Waals surface area contributed by atoms with Crippen molar-refractivity contribution >= 4 is 11.9 Å².